The molecule has 1 saturated heterocycles. The Hall–Kier alpha value is -1.55. The van der Waals surface area contributed by atoms with Crippen molar-refractivity contribution in [2.24, 2.45) is 0 Å². The monoisotopic (exact) mass is 245 g/mol. The summed E-state index contributed by atoms with van der Waals surface area (Å²) >= 11 is 0. The van der Waals surface area contributed by atoms with Crippen LogP contribution < -0.4 is 10.2 Å². The van der Waals surface area contributed by atoms with E-state index < -0.39 is 0 Å². The largest absolute Gasteiger partial charge is 0.324 e. The second-order valence-electron chi connectivity index (χ2n) is 4.90. The molecule has 2 aliphatic rings. The van der Waals surface area contributed by atoms with E-state index in [1.807, 2.05) is 15.9 Å². The third-order valence-electron chi connectivity index (χ3n) is 3.73. The molecule has 0 saturated carbocycles. The van der Waals surface area contributed by atoms with Crippen LogP contribution in [-0.4, -0.2) is 43.7 Å². The second kappa shape index (κ2) is 4.98. The fourth-order valence-electron chi connectivity index (χ4n) is 2.76. The highest BCUT2D eigenvalue weighted by molar-refractivity contribution is 5.93. The van der Waals surface area contributed by atoms with Crippen LogP contribution in [0.25, 0.3) is 0 Å². The summed E-state index contributed by atoms with van der Waals surface area (Å²) in [6.07, 6.45) is 2.15. The molecule has 1 fully saturated rings. The third kappa shape index (κ3) is 2.08. The maximum absolute atomic E-state index is 12.5. The molecule has 1 aromatic carbocycles. The van der Waals surface area contributed by atoms with Gasteiger partial charge in [-0.2, -0.15) is 0 Å². The Balaban J connectivity index is 1.82. The topological polar surface area (TPSA) is 35.6 Å². The first kappa shape index (κ1) is 11.5. The van der Waals surface area contributed by atoms with Gasteiger partial charge in [0.15, 0.2) is 0 Å². The molecule has 1 N–H and O–H groups in total. The van der Waals surface area contributed by atoms with Crippen LogP contribution in [-0.2, 0) is 6.42 Å². The molecule has 2 amide bonds. The van der Waals surface area contributed by atoms with Crippen molar-refractivity contribution in [1.82, 2.24) is 10.2 Å². The average Bonchev–Trinajstić information content (AvgIpc) is 2.47. The molecule has 2 heterocycles. The molecule has 3 rings (SSSR count). The fraction of sp³-hybridized carbons (Fsp3) is 0.500. The van der Waals surface area contributed by atoms with Gasteiger partial charge in [0.1, 0.15) is 0 Å². The van der Waals surface area contributed by atoms with Crippen molar-refractivity contribution in [2.75, 3.05) is 37.6 Å². The number of aryl methyl sites for hydroxylation is 1. The van der Waals surface area contributed by atoms with E-state index >= 15 is 0 Å². The van der Waals surface area contributed by atoms with Gasteiger partial charge in [0.25, 0.3) is 0 Å². The minimum atomic E-state index is 0.170. The lowest BCUT2D eigenvalue weighted by Crippen LogP contribution is -2.52. The molecular formula is C14H19N3O. The van der Waals surface area contributed by atoms with Gasteiger partial charge in [-0.3, -0.25) is 4.90 Å². The summed E-state index contributed by atoms with van der Waals surface area (Å²) in [7, 11) is 0. The van der Waals surface area contributed by atoms with E-state index in [1.165, 1.54) is 5.56 Å². The molecule has 1 aromatic rings. The summed E-state index contributed by atoms with van der Waals surface area (Å²) in [6, 6.07) is 8.43. The van der Waals surface area contributed by atoms with Crippen LogP contribution in [0.5, 0.6) is 0 Å². The minimum absolute atomic E-state index is 0.170. The number of benzene rings is 1. The van der Waals surface area contributed by atoms with Crippen molar-refractivity contribution in [2.45, 2.75) is 12.8 Å². The van der Waals surface area contributed by atoms with E-state index in [-0.39, 0.29) is 6.03 Å². The molecule has 0 atom stereocenters. The average molecular weight is 245 g/mol. The van der Waals surface area contributed by atoms with Crippen LogP contribution >= 0.6 is 0 Å². The zero-order valence-electron chi connectivity index (χ0n) is 10.6. The molecule has 4 heteroatoms. The molecule has 18 heavy (non-hydrogen) atoms. The maximum atomic E-state index is 12.5. The number of nitrogens with one attached hydrogen (secondary N) is 1. The van der Waals surface area contributed by atoms with Crippen LogP contribution in [0.3, 0.4) is 0 Å². The fourth-order valence-corrected chi connectivity index (χ4v) is 2.76. The normalized spacial score (nSPS) is 19.6. The van der Waals surface area contributed by atoms with E-state index in [9.17, 15) is 4.79 Å². The molecule has 96 valence electrons. The number of hydrogen-bond acceptors (Lipinski definition) is 2. The Labute approximate surface area is 108 Å². The maximum Gasteiger partial charge on any atom is 0.324 e. The van der Waals surface area contributed by atoms with Gasteiger partial charge < -0.3 is 10.2 Å². The lowest BCUT2D eigenvalue weighted by Gasteiger charge is -2.36. The molecule has 2 aliphatic heterocycles. The van der Waals surface area contributed by atoms with E-state index in [1.54, 1.807) is 0 Å². The lowest BCUT2D eigenvalue weighted by molar-refractivity contribution is 0.196. The highest BCUT2D eigenvalue weighted by Crippen LogP contribution is 2.27. The molecule has 0 bridgehead atoms. The Morgan fingerprint density at radius 2 is 1.89 bits per heavy atom. The van der Waals surface area contributed by atoms with Crippen molar-refractivity contribution in [3.05, 3.63) is 29.8 Å². The Morgan fingerprint density at radius 3 is 2.72 bits per heavy atom. The van der Waals surface area contributed by atoms with Gasteiger partial charge >= 0.3 is 6.03 Å². The smallest absolute Gasteiger partial charge is 0.322 e. The Morgan fingerprint density at radius 1 is 1.11 bits per heavy atom. The van der Waals surface area contributed by atoms with Crippen molar-refractivity contribution >= 4 is 11.7 Å². The highest BCUT2D eigenvalue weighted by Gasteiger charge is 2.26. The molecule has 0 aromatic heterocycles. The minimum Gasteiger partial charge on any atom is -0.322 e. The first-order valence-electron chi connectivity index (χ1n) is 6.71. The Kier molecular flexibility index (Phi) is 3.19. The summed E-state index contributed by atoms with van der Waals surface area (Å²) in [5, 5.41) is 3.28. The number of amides is 2. The van der Waals surface area contributed by atoms with E-state index in [0.29, 0.717) is 0 Å². The number of para-hydroxylation sites is 1. The zero-order chi connectivity index (χ0) is 12.4. The number of nitrogens with zero attached hydrogens (tertiary/aromatic N) is 2. The number of rotatable bonds is 0. The van der Waals surface area contributed by atoms with Gasteiger partial charge in [-0.15, -0.1) is 0 Å². The van der Waals surface area contributed by atoms with Crippen molar-refractivity contribution in [1.29, 1.82) is 0 Å². The summed E-state index contributed by atoms with van der Waals surface area (Å²) < 4.78 is 0. The van der Waals surface area contributed by atoms with E-state index in [0.717, 1.165) is 51.3 Å². The number of piperazine rings is 1. The second-order valence-corrected chi connectivity index (χ2v) is 4.90. The summed E-state index contributed by atoms with van der Waals surface area (Å²) in [5.41, 5.74) is 2.40. The first-order chi connectivity index (χ1) is 8.86. The summed E-state index contributed by atoms with van der Waals surface area (Å²) in [4.78, 5) is 16.4. The molecule has 0 spiro atoms. The Bertz CT molecular complexity index is 440. The van der Waals surface area contributed by atoms with Crippen LogP contribution in [0.4, 0.5) is 10.5 Å². The van der Waals surface area contributed by atoms with E-state index in [4.69, 9.17) is 0 Å². The van der Waals surface area contributed by atoms with Gasteiger partial charge in [-0.05, 0) is 24.5 Å². The number of carbonyl (C=O) groups is 1. The van der Waals surface area contributed by atoms with Crippen molar-refractivity contribution in [3.8, 4) is 0 Å². The molecule has 0 radical (unpaired) electrons. The van der Waals surface area contributed by atoms with Gasteiger partial charge in [0.05, 0.1) is 0 Å². The van der Waals surface area contributed by atoms with Crippen LogP contribution in [0, 0.1) is 0 Å². The number of fused-ring (bicyclic) bond motifs is 1. The molecular weight excluding hydrogens is 226 g/mol. The van der Waals surface area contributed by atoms with Gasteiger partial charge in [0.2, 0.25) is 0 Å². The highest BCUT2D eigenvalue weighted by atomic mass is 16.2. The number of carbonyl (C=O) groups excluding carboxylic acids is 1. The van der Waals surface area contributed by atoms with Gasteiger partial charge in [0, 0.05) is 38.4 Å². The summed E-state index contributed by atoms with van der Waals surface area (Å²) in [6.45, 7) is 4.29. The van der Waals surface area contributed by atoms with Crippen LogP contribution in [0.1, 0.15) is 12.0 Å². The predicted octanol–water partition coefficient (Wildman–Crippen LogP) is 1.46. The molecule has 0 unspecified atom stereocenters. The van der Waals surface area contributed by atoms with Crippen molar-refractivity contribution in [3.63, 3.8) is 0 Å². The number of urea groups is 1. The number of anilines is 1. The standard InChI is InChI=1S/C14H19N3O/c18-14(16-10-7-15-8-11-16)17-9-3-5-12-4-1-2-6-13(12)17/h1-2,4,6,15H,3,5,7-11H2. The SMILES string of the molecule is O=C(N1CCNCC1)N1CCCc2ccccc21. The molecule has 4 nitrogen and oxygen atoms in total. The summed E-state index contributed by atoms with van der Waals surface area (Å²) in [5.74, 6) is 0. The van der Waals surface area contributed by atoms with Crippen LogP contribution in [0.2, 0.25) is 0 Å². The molecule has 0 aliphatic carbocycles. The quantitative estimate of drug-likeness (QED) is 0.751. The van der Waals surface area contributed by atoms with Crippen LogP contribution in [0.15, 0.2) is 24.3 Å². The van der Waals surface area contributed by atoms with E-state index in [2.05, 4.69) is 23.5 Å². The van der Waals surface area contributed by atoms with Crippen molar-refractivity contribution < 1.29 is 4.79 Å². The predicted molar refractivity (Wildman–Crippen MR) is 71.9 cm³/mol. The zero-order valence-corrected chi connectivity index (χ0v) is 10.6. The third-order valence-corrected chi connectivity index (χ3v) is 3.73. The van der Waals surface area contributed by atoms with Gasteiger partial charge in [-0.25, -0.2) is 4.79 Å². The first-order valence-corrected chi connectivity index (χ1v) is 6.71. The number of hydrogen-bond donors (Lipinski definition) is 1. The lowest BCUT2D eigenvalue weighted by atomic mass is 10.0. The van der Waals surface area contributed by atoms with Gasteiger partial charge in [-0.1, -0.05) is 18.2 Å².